The van der Waals surface area contributed by atoms with Gasteiger partial charge in [-0.05, 0) is 31.2 Å². The lowest BCUT2D eigenvalue weighted by Gasteiger charge is -2.10. The molecule has 19 heavy (non-hydrogen) atoms. The van der Waals surface area contributed by atoms with Crippen LogP contribution >= 0.6 is 0 Å². The van der Waals surface area contributed by atoms with Crippen molar-refractivity contribution in [2.75, 3.05) is 12.8 Å². The summed E-state index contributed by atoms with van der Waals surface area (Å²) in [5.74, 6) is 0.236. The van der Waals surface area contributed by atoms with Gasteiger partial charge >= 0.3 is 0 Å². The number of nitrogens with zero attached hydrogens (tertiary/aromatic N) is 2. The summed E-state index contributed by atoms with van der Waals surface area (Å²) >= 11 is 0. The summed E-state index contributed by atoms with van der Waals surface area (Å²) in [6, 6.07) is 7.11. The van der Waals surface area contributed by atoms with Gasteiger partial charge in [0.25, 0.3) is 5.91 Å². The number of carbonyl (C=O) groups is 1. The second-order valence-electron chi connectivity index (χ2n) is 3.98. The van der Waals surface area contributed by atoms with Crippen molar-refractivity contribution in [3.8, 4) is 17.0 Å². The van der Waals surface area contributed by atoms with Crippen molar-refractivity contribution in [3.63, 3.8) is 0 Å². The first-order valence-corrected chi connectivity index (χ1v) is 5.61. The molecule has 0 saturated heterocycles. The highest BCUT2D eigenvalue weighted by atomic mass is 16.5. The Balaban J connectivity index is 2.62. The van der Waals surface area contributed by atoms with Gasteiger partial charge in [0.05, 0.1) is 24.1 Å². The molecule has 2 aromatic rings. The molecule has 98 valence electrons. The van der Waals surface area contributed by atoms with E-state index < -0.39 is 5.91 Å². The Kier molecular flexibility index (Phi) is 3.33. The third-order valence-corrected chi connectivity index (χ3v) is 2.72. The van der Waals surface area contributed by atoms with E-state index >= 15 is 0 Å². The molecule has 0 bridgehead atoms. The Morgan fingerprint density at radius 3 is 2.37 bits per heavy atom. The van der Waals surface area contributed by atoms with Crippen molar-refractivity contribution in [1.82, 2.24) is 9.97 Å². The van der Waals surface area contributed by atoms with Crippen molar-refractivity contribution in [2.24, 2.45) is 5.73 Å². The molecule has 4 N–H and O–H groups in total. The third-order valence-electron chi connectivity index (χ3n) is 2.72. The highest BCUT2D eigenvalue weighted by Crippen LogP contribution is 2.25. The van der Waals surface area contributed by atoms with E-state index in [0.29, 0.717) is 17.1 Å². The fourth-order valence-electron chi connectivity index (χ4n) is 1.85. The number of rotatable bonds is 3. The smallest absolute Gasteiger partial charge is 0.252 e. The predicted octanol–water partition coefficient (Wildman–Crippen LogP) is 1.14. The number of nitrogens with two attached hydrogens (primary N) is 2. The van der Waals surface area contributed by atoms with Gasteiger partial charge in [-0.15, -0.1) is 0 Å². The minimum atomic E-state index is -0.580. The number of methoxy groups -OCH3 is 1. The topological polar surface area (TPSA) is 104 Å². The molecule has 1 heterocycles. The number of aromatic nitrogens is 2. The normalized spacial score (nSPS) is 10.2. The van der Waals surface area contributed by atoms with Crippen LogP contribution in [0.5, 0.6) is 5.75 Å². The quantitative estimate of drug-likeness (QED) is 0.859. The van der Waals surface area contributed by atoms with Gasteiger partial charge in [0, 0.05) is 5.56 Å². The largest absolute Gasteiger partial charge is 0.497 e. The summed E-state index contributed by atoms with van der Waals surface area (Å²) in [5.41, 5.74) is 12.9. The van der Waals surface area contributed by atoms with Gasteiger partial charge in [0.15, 0.2) is 0 Å². The summed E-state index contributed by atoms with van der Waals surface area (Å²) < 4.78 is 5.08. The van der Waals surface area contributed by atoms with E-state index in [4.69, 9.17) is 16.2 Å². The van der Waals surface area contributed by atoms with E-state index in [1.54, 1.807) is 38.3 Å². The molecular formula is C13H14N4O2. The number of ether oxygens (including phenoxy) is 1. The van der Waals surface area contributed by atoms with Gasteiger partial charge in [-0.3, -0.25) is 4.79 Å². The van der Waals surface area contributed by atoms with Crippen LogP contribution in [0.1, 0.15) is 16.1 Å². The van der Waals surface area contributed by atoms with E-state index in [2.05, 4.69) is 9.97 Å². The van der Waals surface area contributed by atoms with Crippen LogP contribution in [0.15, 0.2) is 24.3 Å². The van der Waals surface area contributed by atoms with Gasteiger partial charge in [0.1, 0.15) is 5.75 Å². The molecule has 0 spiro atoms. The number of carbonyl (C=O) groups excluding carboxylic acids is 1. The monoisotopic (exact) mass is 258 g/mol. The van der Waals surface area contributed by atoms with E-state index in [-0.39, 0.29) is 11.5 Å². The number of hydrogen-bond donors (Lipinski definition) is 2. The number of primary amides is 1. The first-order chi connectivity index (χ1) is 9.02. The van der Waals surface area contributed by atoms with Crippen LogP contribution in [0.3, 0.4) is 0 Å². The molecule has 0 unspecified atom stereocenters. The van der Waals surface area contributed by atoms with Crippen LogP contribution in [0.2, 0.25) is 0 Å². The number of benzene rings is 1. The molecule has 1 amide bonds. The zero-order valence-electron chi connectivity index (χ0n) is 10.7. The van der Waals surface area contributed by atoms with E-state index in [9.17, 15) is 4.79 Å². The van der Waals surface area contributed by atoms with Gasteiger partial charge in [-0.25, -0.2) is 9.97 Å². The molecule has 1 aromatic heterocycles. The van der Waals surface area contributed by atoms with Crippen molar-refractivity contribution >= 4 is 11.9 Å². The van der Waals surface area contributed by atoms with Crippen LogP contribution in [-0.2, 0) is 0 Å². The molecule has 2 rings (SSSR count). The zero-order valence-corrected chi connectivity index (χ0v) is 10.7. The lowest BCUT2D eigenvalue weighted by atomic mass is 10.0. The Morgan fingerprint density at radius 2 is 1.84 bits per heavy atom. The van der Waals surface area contributed by atoms with Crippen LogP contribution in [-0.4, -0.2) is 23.0 Å². The highest BCUT2D eigenvalue weighted by molar-refractivity contribution is 6.00. The van der Waals surface area contributed by atoms with E-state index in [0.717, 1.165) is 5.56 Å². The Labute approximate surface area is 110 Å². The predicted molar refractivity (Wildman–Crippen MR) is 71.7 cm³/mol. The molecule has 0 aliphatic heterocycles. The number of aryl methyl sites for hydroxylation is 1. The Morgan fingerprint density at radius 1 is 1.21 bits per heavy atom. The summed E-state index contributed by atoms with van der Waals surface area (Å²) in [6.07, 6.45) is 0. The minimum Gasteiger partial charge on any atom is -0.497 e. The molecular weight excluding hydrogens is 244 g/mol. The zero-order chi connectivity index (χ0) is 14.0. The fourth-order valence-corrected chi connectivity index (χ4v) is 1.85. The molecule has 0 atom stereocenters. The van der Waals surface area contributed by atoms with Crippen molar-refractivity contribution < 1.29 is 9.53 Å². The molecule has 0 saturated carbocycles. The van der Waals surface area contributed by atoms with Gasteiger partial charge < -0.3 is 16.2 Å². The number of amides is 1. The summed E-state index contributed by atoms with van der Waals surface area (Å²) in [6.45, 7) is 1.67. The lowest BCUT2D eigenvalue weighted by Crippen LogP contribution is -2.17. The van der Waals surface area contributed by atoms with Crippen LogP contribution in [0, 0.1) is 6.92 Å². The summed E-state index contributed by atoms with van der Waals surface area (Å²) in [5, 5.41) is 0. The van der Waals surface area contributed by atoms with Crippen LogP contribution in [0.4, 0.5) is 5.95 Å². The fraction of sp³-hybridized carbons (Fsp3) is 0.154. The Bertz CT molecular complexity index is 623. The molecule has 6 heteroatoms. The number of hydrogen-bond acceptors (Lipinski definition) is 5. The number of nitrogen functional groups attached to an aromatic ring is 1. The van der Waals surface area contributed by atoms with E-state index in [1.807, 2.05) is 0 Å². The highest BCUT2D eigenvalue weighted by Gasteiger charge is 2.17. The molecule has 1 aromatic carbocycles. The maximum atomic E-state index is 11.5. The average Bonchev–Trinajstić information content (AvgIpc) is 2.37. The van der Waals surface area contributed by atoms with Gasteiger partial charge in [-0.2, -0.15) is 0 Å². The summed E-state index contributed by atoms with van der Waals surface area (Å²) in [7, 11) is 1.58. The average molecular weight is 258 g/mol. The van der Waals surface area contributed by atoms with Crippen LogP contribution in [0.25, 0.3) is 11.3 Å². The second kappa shape index (κ2) is 4.93. The molecule has 6 nitrogen and oxygen atoms in total. The lowest BCUT2D eigenvalue weighted by molar-refractivity contribution is 0.0999. The van der Waals surface area contributed by atoms with Gasteiger partial charge in [0.2, 0.25) is 5.95 Å². The van der Waals surface area contributed by atoms with Crippen molar-refractivity contribution in [3.05, 3.63) is 35.5 Å². The molecule has 0 aliphatic carbocycles. The SMILES string of the molecule is COc1ccc(-c2nc(N)nc(C)c2C(N)=O)cc1. The van der Waals surface area contributed by atoms with Gasteiger partial charge in [-0.1, -0.05) is 0 Å². The maximum absolute atomic E-state index is 11.5. The molecule has 0 aliphatic rings. The molecule has 0 fully saturated rings. The molecule has 0 radical (unpaired) electrons. The first kappa shape index (κ1) is 12.8. The number of anilines is 1. The third kappa shape index (κ3) is 2.47. The second-order valence-corrected chi connectivity index (χ2v) is 3.98. The first-order valence-electron chi connectivity index (χ1n) is 5.61. The minimum absolute atomic E-state index is 0.105. The standard InChI is InChI=1S/C13H14N4O2/c1-7-10(12(14)18)11(17-13(15)16-7)8-3-5-9(19-2)6-4-8/h3-6H,1-2H3,(H2,14,18)(H2,15,16,17). The van der Waals surface area contributed by atoms with Crippen molar-refractivity contribution in [2.45, 2.75) is 6.92 Å². The maximum Gasteiger partial charge on any atom is 0.252 e. The summed E-state index contributed by atoms with van der Waals surface area (Å²) in [4.78, 5) is 19.6. The van der Waals surface area contributed by atoms with E-state index in [1.165, 1.54) is 0 Å². The van der Waals surface area contributed by atoms with Crippen molar-refractivity contribution in [1.29, 1.82) is 0 Å². The van der Waals surface area contributed by atoms with Crippen LogP contribution < -0.4 is 16.2 Å². The Hall–Kier alpha value is -2.63.